The van der Waals surface area contributed by atoms with Crippen LogP contribution in [-0.2, 0) is 4.74 Å². The Morgan fingerprint density at radius 1 is 1.07 bits per heavy atom. The minimum absolute atomic E-state index is 0.0177. The highest BCUT2D eigenvalue weighted by Gasteiger charge is 2.37. The molecule has 4 aliphatic rings. The summed E-state index contributed by atoms with van der Waals surface area (Å²) in [5.74, 6) is 1.33. The summed E-state index contributed by atoms with van der Waals surface area (Å²) in [6.45, 7) is 3.71. The lowest BCUT2D eigenvalue weighted by Gasteiger charge is -2.44. The predicted molar refractivity (Wildman–Crippen MR) is 112 cm³/mol. The van der Waals surface area contributed by atoms with Crippen molar-refractivity contribution in [1.82, 2.24) is 10.2 Å². The summed E-state index contributed by atoms with van der Waals surface area (Å²) in [4.78, 5) is 15.0. The number of alkyl carbamates (subject to hydrolysis) is 1. The van der Waals surface area contributed by atoms with E-state index in [0.717, 1.165) is 61.3 Å². The molecule has 2 bridgehead atoms. The Morgan fingerprint density at radius 2 is 1.83 bits per heavy atom. The third-order valence-electron chi connectivity index (χ3n) is 6.38. The molecule has 3 fully saturated rings. The van der Waals surface area contributed by atoms with Gasteiger partial charge in [0.1, 0.15) is 11.9 Å². The minimum Gasteiger partial charge on any atom is -0.493 e. The Morgan fingerprint density at radius 3 is 2.55 bits per heavy atom. The van der Waals surface area contributed by atoms with E-state index in [4.69, 9.17) is 21.1 Å². The maximum Gasteiger partial charge on any atom is 0.407 e. The van der Waals surface area contributed by atoms with E-state index in [9.17, 15) is 4.79 Å². The quantitative estimate of drug-likeness (QED) is 0.797. The van der Waals surface area contributed by atoms with Gasteiger partial charge in [0.2, 0.25) is 0 Å². The van der Waals surface area contributed by atoms with Gasteiger partial charge in [0, 0.05) is 23.6 Å². The highest BCUT2D eigenvalue weighted by Crippen LogP contribution is 2.36. The fourth-order valence-corrected chi connectivity index (χ4v) is 4.85. The molecule has 0 radical (unpaired) electrons. The van der Waals surface area contributed by atoms with Crippen molar-refractivity contribution in [3.8, 4) is 16.9 Å². The van der Waals surface area contributed by atoms with E-state index in [-0.39, 0.29) is 18.2 Å². The van der Waals surface area contributed by atoms with E-state index in [2.05, 4.69) is 16.3 Å². The van der Waals surface area contributed by atoms with Gasteiger partial charge in [-0.15, -0.1) is 0 Å². The molecule has 6 heteroatoms. The molecule has 2 atom stereocenters. The lowest BCUT2D eigenvalue weighted by molar-refractivity contribution is -0.0342. The minimum atomic E-state index is -0.316. The first-order chi connectivity index (χ1) is 14.2. The number of benzene rings is 2. The average molecular weight is 413 g/mol. The summed E-state index contributed by atoms with van der Waals surface area (Å²) in [5.41, 5.74) is 3.15. The average Bonchev–Trinajstić information content (AvgIpc) is 2.75. The molecule has 1 amide bonds. The summed E-state index contributed by atoms with van der Waals surface area (Å²) in [5, 5.41) is 3.79. The van der Waals surface area contributed by atoms with Crippen LogP contribution in [0.15, 0.2) is 42.5 Å². The van der Waals surface area contributed by atoms with Crippen molar-refractivity contribution in [1.29, 1.82) is 0 Å². The van der Waals surface area contributed by atoms with E-state index >= 15 is 0 Å². The molecule has 1 N–H and O–H groups in total. The second-order valence-electron chi connectivity index (χ2n) is 8.18. The first-order valence-electron chi connectivity index (χ1n) is 10.4. The Kier molecular flexibility index (Phi) is 5.10. The Hall–Kier alpha value is -2.24. The van der Waals surface area contributed by atoms with Crippen LogP contribution in [0.4, 0.5) is 4.79 Å². The number of carbonyl (C=O) groups is 1. The van der Waals surface area contributed by atoms with E-state index in [1.807, 2.05) is 36.4 Å². The normalized spacial score (nSPS) is 27.6. The van der Waals surface area contributed by atoms with E-state index < -0.39 is 0 Å². The molecule has 6 rings (SSSR count). The van der Waals surface area contributed by atoms with Crippen molar-refractivity contribution < 1.29 is 14.3 Å². The van der Waals surface area contributed by atoms with Crippen LogP contribution in [0.25, 0.3) is 11.1 Å². The van der Waals surface area contributed by atoms with Gasteiger partial charge in [-0.2, -0.15) is 0 Å². The molecule has 1 unspecified atom stereocenters. The number of nitrogens with one attached hydrogen (secondary N) is 1. The van der Waals surface area contributed by atoms with Gasteiger partial charge in [0.25, 0.3) is 0 Å². The number of rotatable bonds is 3. The van der Waals surface area contributed by atoms with E-state index in [1.54, 1.807) is 0 Å². The van der Waals surface area contributed by atoms with Crippen molar-refractivity contribution in [2.75, 3.05) is 26.2 Å². The molecule has 2 aromatic rings. The molecule has 29 heavy (non-hydrogen) atoms. The van der Waals surface area contributed by atoms with Gasteiger partial charge in [-0.25, -0.2) is 4.79 Å². The second kappa shape index (κ2) is 7.88. The number of fused-ring (bicyclic) bond motifs is 4. The second-order valence-corrected chi connectivity index (χ2v) is 8.61. The van der Waals surface area contributed by atoms with Gasteiger partial charge in [-0.3, -0.25) is 4.90 Å². The number of piperidine rings is 3. The number of ether oxygens (including phenoxy) is 2. The fourth-order valence-electron chi connectivity index (χ4n) is 4.72. The topological polar surface area (TPSA) is 50.8 Å². The first kappa shape index (κ1) is 18.8. The zero-order valence-electron chi connectivity index (χ0n) is 16.3. The molecule has 0 spiro atoms. The molecule has 5 nitrogen and oxygen atoms in total. The standard InChI is InChI=1S/C23H25ClN2O3/c24-18-4-1-15(2-5-18)17-3-6-19-20(9-12-28-21(19)13-17)25-23(27)29-22-14-26-10-7-16(22)8-11-26/h1-6,13,16,20,22H,7-12,14H2,(H,25,27)/t20?,22-/m0/s1. The maximum absolute atomic E-state index is 12.6. The lowest BCUT2D eigenvalue weighted by Crippen LogP contribution is -2.52. The molecule has 0 saturated carbocycles. The van der Waals surface area contributed by atoms with Crippen molar-refractivity contribution in [2.24, 2.45) is 5.92 Å². The van der Waals surface area contributed by atoms with E-state index in [1.165, 1.54) is 0 Å². The third kappa shape index (κ3) is 3.94. The number of hydrogen-bond donors (Lipinski definition) is 1. The summed E-state index contributed by atoms with van der Waals surface area (Å²) in [7, 11) is 0. The van der Waals surface area contributed by atoms with Crippen molar-refractivity contribution >= 4 is 17.7 Å². The van der Waals surface area contributed by atoms with Crippen LogP contribution in [0.3, 0.4) is 0 Å². The molecular formula is C23H25ClN2O3. The smallest absolute Gasteiger partial charge is 0.407 e. The van der Waals surface area contributed by atoms with Crippen LogP contribution in [0, 0.1) is 5.92 Å². The highest BCUT2D eigenvalue weighted by atomic mass is 35.5. The van der Waals surface area contributed by atoms with Gasteiger partial charge >= 0.3 is 6.09 Å². The molecule has 4 heterocycles. The Bertz CT molecular complexity index is 893. The summed E-state index contributed by atoms with van der Waals surface area (Å²) in [6, 6.07) is 13.8. The molecule has 0 aliphatic carbocycles. The monoisotopic (exact) mass is 412 g/mol. The number of nitrogens with zero attached hydrogens (tertiary/aromatic N) is 1. The van der Waals surface area contributed by atoms with E-state index in [0.29, 0.717) is 17.5 Å². The van der Waals surface area contributed by atoms with Crippen LogP contribution in [-0.4, -0.2) is 43.3 Å². The summed E-state index contributed by atoms with van der Waals surface area (Å²) >= 11 is 5.99. The van der Waals surface area contributed by atoms with Crippen molar-refractivity contribution in [3.05, 3.63) is 53.1 Å². The molecular weight excluding hydrogens is 388 g/mol. The summed E-state index contributed by atoms with van der Waals surface area (Å²) < 4.78 is 11.7. The van der Waals surface area contributed by atoms with Gasteiger partial charge in [0.05, 0.1) is 12.6 Å². The van der Waals surface area contributed by atoms with Crippen molar-refractivity contribution in [3.63, 3.8) is 0 Å². The molecule has 152 valence electrons. The number of halogens is 1. The SMILES string of the molecule is O=C(NC1CCOc2cc(-c3ccc(Cl)cc3)ccc21)O[C@H]1CN2CCC1CC2. The summed E-state index contributed by atoms with van der Waals surface area (Å²) in [6.07, 6.45) is 2.70. The van der Waals surface area contributed by atoms with Gasteiger partial charge in [-0.05, 0) is 61.2 Å². The zero-order valence-corrected chi connectivity index (χ0v) is 17.0. The number of amides is 1. The maximum atomic E-state index is 12.6. The van der Waals surface area contributed by atoms with Crippen molar-refractivity contribution in [2.45, 2.75) is 31.4 Å². The molecule has 3 saturated heterocycles. The number of carbonyl (C=O) groups excluding carboxylic acids is 1. The highest BCUT2D eigenvalue weighted by molar-refractivity contribution is 6.30. The predicted octanol–water partition coefficient (Wildman–Crippen LogP) is 4.65. The zero-order chi connectivity index (χ0) is 19.8. The Balaban J connectivity index is 1.28. The number of hydrogen-bond acceptors (Lipinski definition) is 4. The van der Waals surface area contributed by atoms with Crippen LogP contribution in [0.5, 0.6) is 5.75 Å². The van der Waals surface area contributed by atoms with Crippen LogP contribution in [0.1, 0.15) is 30.9 Å². The molecule has 0 aromatic heterocycles. The molecule has 4 aliphatic heterocycles. The first-order valence-corrected chi connectivity index (χ1v) is 10.8. The fraction of sp³-hybridized carbons (Fsp3) is 0.435. The van der Waals surface area contributed by atoms with Crippen LogP contribution >= 0.6 is 11.6 Å². The van der Waals surface area contributed by atoms with Crippen LogP contribution < -0.4 is 10.1 Å². The molecule has 2 aromatic carbocycles. The third-order valence-corrected chi connectivity index (χ3v) is 6.63. The largest absolute Gasteiger partial charge is 0.493 e. The van der Waals surface area contributed by atoms with Gasteiger partial charge in [0.15, 0.2) is 0 Å². The van der Waals surface area contributed by atoms with Gasteiger partial charge in [-0.1, -0.05) is 35.9 Å². The van der Waals surface area contributed by atoms with Gasteiger partial charge < -0.3 is 14.8 Å². The Labute approximate surface area is 175 Å². The van der Waals surface area contributed by atoms with Crippen LogP contribution in [0.2, 0.25) is 5.02 Å². The lowest BCUT2D eigenvalue weighted by atomic mass is 9.86.